The molecule has 1 saturated heterocycles. The van der Waals surface area contributed by atoms with Gasteiger partial charge in [0, 0.05) is 18.1 Å². The quantitative estimate of drug-likeness (QED) is 0.501. The first-order valence-electron chi connectivity index (χ1n) is 10.9. The molecule has 1 fully saturated rings. The number of carbonyl (C=O) groups excluding carboxylic acids is 1. The Morgan fingerprint density at radius 2 is 1.65 bits per heavy atom. The van der Waals surface area contributed by atoms with Gasteiger partial charge in [-0.1, -0.05) is 30.3 Å². The van der Waals surface area contributed by atoms with Gasteiger partial charge in [-0.05, 0) is 81.6 Å². The number of hydrogen-bond acceptors (Lipinski definition) is 5. The maximum absolute atomic E-state index is 12.5. The summed E-state index contributed by atoms with van der Waals surface area (Å²) in [7, 11) is 0. The van der Waals surface area contributed by atoms with Crippen LogP contribution in [0.4, 0.5) is 5.69 Å². The van der Waals surface area contributed by atoms with Crippen molar-refractivity contribution in [2.24, 2.45) is 0 Å². The standard InChI is InChI=1S/C25H28N4O2/c30-24(21-18-26-25(27-19-21)31-23-9-2-1-3-10-23)28-22-13-11-20(12-14-22)8-4-5-15-29-16-6-7-17-29/h1-3,9-14,18-19H,4-8,15-17H2,(H,28,30). The van der Waals surface area contributed by atoms with Crippen LogP contribution in [0.25, 0.3) is 0 Å². The number of ether oxygens (including phenoxy) is 1. The first-order chi connectivity index (χ1) is 15.3. The maximum atomic E-state index is 12.5. The Morgan fingerprint density at radius 1 is 0.935 bits per heavy atom. The molecule has 0 unspecified atom stereocenters. The first-order valence-corrected chi connectivity index (χ1v) is 10.9. The van der Waals surface area contributed by atoms with E-state index in [1.165, 1.54) is 63.3 Å². The van der Waals surface area contributed by atoms with Crippen LogP contribution in [0.1, 0.15) is 41.6 Å². The molecule has 0 bridgehead atoms. The van der Waals surface area contributed by atoms with E-state index < -0.39 is 0 Å². The van der Waals surface area contributed by atoms with Crippen molar-refractivity contribution in [2.45, 2.75) is 32.1 Å². The third-order valence-corrected chi connectivity index (χ3v) is 5.44. The summed E-state index contributed by atoms with van der Waals surface area (Å²) in [6, 6.07) is 17.6. The number of likely N-dealkylation sites (tertiary alicyclic amines) is 1. The summed E-state index contributed by atoms with van der Waals surface area (Å²) in [5, 5.41) is 2.89. The fourth-order valence-corrected chi connectivity index (χ4v) is 3.71. The summed E-state index contributed by atoms with van der Waals surface area (Å²) in [4.78, 5) is 23.3. The Bertz CT molecular complexity index is 953. The zero-order chi connectivity index (χ0) is 21.3. The molecular weight excluding hydrogens is 388 g/mol. The highest BCUT2D eigenvalue weighted by Gasteiger charge is 2.11. The summed E-state index contributed by atoms with van der Waals surface area (Å²) in [6.07, 6.45) is 9.14. The summed E-state index contributed by atoms with van der Waals surface area (Å²) in [5.41, 5.74) is 2.44. The average molecular weight is 417 g/mol. The molecule has 3 aromatic rings. The second-order valence-electron chi connectivity index (χ2n) is 7.83. The number of nitrogens with zero attached hydrogens (tertiary/aromatic N) is 3. The predicted molar refractivity (Wildman–Crippen MR) is 122 cm³/mol. The molecule has 31 heavy (non-hydrogen) atoms. The molecule has 1 aromatic heterocycles. The van der Waals surface area contributed by atoms with Gasteiger partial charge >= 0.3 is 6.01 Å². The summed E-state index contributed by atoms with van der Waals surface area (Å²) in [6.45, 7) is 3.75. The SMILES string of the molecule is O=C(Nc1ccc(CCCCN2CCCC2)cc1)c1cnc(Oc2ccccc2)nc1. The molecule has 0 saturated carbocycles. The van der Waals surface area contributed by atoms with E-state index in [0.717, 1.165) is 12.1 Å². The topological polar surface area (TPSA) is 67.4 Å². The summed E-state index contributed by atoms with van der Waals surface area (Å²) >= 11 is 0. The van der Waals surface area contributed by atoms with Gasteiger partial charge < -0.3 is 15.0 Å². The van der Waals surface area contributed by atoms with Gasteiger partial charge in [-0.25, -0.2) is 9.97 Å². The minimum Gasteiger partial charge on any atom is -0.424 e. The molecule has 0 aliphatic carbocycles. The molecule has 0 spiro atoms. The zero-order valence-corrected chi connectivity index (χ0v) is 17.7. The maximum Gasteiger partial charge on any atom is 0.321 e. The van der Waals surface area contributed by atoms with Gasteiger partial charge in [-0.15, -0.1) is 0 Å². The van der Waals surface area contributed by atoms with Crippen molar-refractivity contribution in [1.82, 2.24) is 14.9 Å². The van der Waals surface area contributed by atoms with E-state index in [9.17, 15) is 4.79 Å². The van der Waals surface area contributed by atoms with Crippen molar-refractivity contribution in [2.75, 3.05) is 25.0 Å². The molecular formula is C25H28N4O2. The Kier molecular flexibility index (Phi) is 7.24. The molecule has 1 N–H and O–H groups in total. The van der Waals surface area contributed by atoms with Crippen LogP contribution in [-0.4, -0.2) is 40.4 Å². The highest BCUT2D eigenvalue weighted by Crippen LogP contribution is 2.17. The minimum absolute atomic E-state index is 0.205. The molecule has 1 aliphatic heterocycles. The van der Waals surface area contributed by atoms with Gasteiger partial charge in [0.1, 0.15) is 5.75 Å². The van der Waals surface area contributed by atoms with E-state index in [1.807, 2.05) is 42.5 Å². The highest BCUT2D eigenvalue weighted by atomic mass is 16.5. The number of nitrogens with one attached hydrogen (secondary N) is 1. The fourth-order valence-electron chi connectivity index (χ4n) is 3.71. The largest absolute Gasteiger partial charge is 0.424 e. The van der Waals surface area contributed by atoms with Crippen LogP contribution in [0, 0.1) is 0 Å². The van der Waals surface area contributed by atoms with E-state index in [1.54, 1.807) is 0 Å². The van der Waals surface area contributed by atoms with E-state index in [0.29, 0.717) is 11.3 Å². The van der Waals surface area contributed by atoms with Crippen molar-refractivity contribution in [1.29, 1.82) is 0 Å². The molecule has 2 aromatic carbocycles. The Balaban J connectivity index is 1.23. The molecule has 1 amide bonds. The third-order valence-electron chi connectivity index (χ3n) is 5.44. The predicted octanol–water partition coefficient (Wildman–Crippen LogP) is 4.94. The number of hydrogen-bond donors (Lipinski definition) is 1. The van der Waals surface area contributed by atoms with Crippen LogP contribution in [-0.2, 0) is 6.42 Å². The highest BCUT2D eigenvalue weighted by molar-refractivity contribution is 6.03. The smallest absolute Gasteiger partial charge is 0.321 e. The number of aryl methyl sites for hydroxylation is 1. The second-order valence-corrected chi connectivity index (χ2v) is 7.83. The summed E-state index contributed by atoms with van der Waals surface area (Å²) < 4.78 is 5.56. The second kappa shape index (κ2) is 10.7. The molecule has 0 radical (unpaired) electrons. The third kappa shape index (κ3) is 6.36. The van der Waals surface area contributed by atoms with E-state index in [2.05, 4.69) is 32.3 Å². The molecule has 6 nitrogen and oxygen atoms in total. The monoisotopic (exact) mass is 416 g/mol. The lowest BCUT2D eigenvalue weighted by atomic mass is 10.1. The lowest BCUT2D eigenvalue weighted by Gasteiger charge is -2.13. The van der Waals surface area contributed by atoms with Crippen molar-refractivity contribution in [3.05, 3.63) is 78.1 Å². The van der Waals surface area contributed by atoms with Crippen molar-refractivity contribution in [3.8, 4) is 11.8 Å². The van der Waals surface area contributed by atoms with E-state index in [-0.39, 0.29) is 11.9 Å². The van der Waals surface area contributed by atoms with Crippen LogP contribution < -0.4 is 10.1 Å². The number of anilines is 1. The number of amides is 1. The number of unbranched alkanes of at least 4 members (excludes halogenated alkanes) is 1. The van der Waals surface area contributed by atoms with Gasteiger partial charge in [-0.2, -0.15) is 0 Å². The van der Waals surface area contributed by atoms with Crippen LogP contribution in [0.5, 0.6) is 11.8 Å². The molecule has 2 heterocycles. The normalized spacial score (nSPS) is 13.8. The Morgan fingerprint density at radius 3 is 2.35 bits per heavy atom. The Labute approximate surface area is 183 Å². The van der Waals surface area contributed by atoms with Crippen LogP contribution in [0.15, 0.2) is 67.0 Å². The van der Waals surface area contributed by atoms with E-state index >= 15 is 0 Å². The lowest BCUT2D eigenvalue weighted by Crippen LogP contribution is -2.20. The number of para-hydroxylation sites is 1. The number of rotatable bonds is 9. The molecule has 160 valence electrons. The average Bonchev–Trinajstić information content (AvgIpc) is 3.33. The van der Waals surface area contributed by atoms with Gasteiger partial charge in [0.05, 0.1) is 5.56 Å². The van der Waals surface area contributed by atoms with E-state index in [4.69, 9.17) is 4.74 Å². The van der Waals surface area contributed by atoms with Crippen LogP contribution in [0.2, 0.25) is 0 Å². The first kappa shape index (κ1) is 21.0. The number of benzene rings is 2. The van der Waals surface area contributed by atoms with Gasteiger partial charge in [0.15, 0.2) is 0 Å². The summed E-state index contributed by atoms with van der Waals surface area (Å²) in [5.74, 6) is 0.403. The van der Waals surface area contributed by atoms with Gasteiger partial charge in [0.2, 0.25) is 0 Å². The Hall–Kier alpha value is -3.25. The van der Waals surface area contributed by atoms with Crippen LogP contribution >= 0.6 is 0 Å². The van der Waals surface area contributed by atoms with Crippen molar-refractivity contribution >= 4 is 11.6 Å². The molecule has 4 rings (SSSR count). The zero-order valence-electron chi connectivity index (χ0n) is 17.7. The van der Waals surface area contributed by atoms with Gasteiger partial charge in [-0.3, -0.25) is 4.79 Å². The molecule has 6 heteroatoms. The molecule has 1 aliphatic rings. The molecule has 0 atom stereocenters. The lowest BCUT2D eigenvalue weighted by molar-refractivity contribution is 0.102. The number of carbonyl (C=O) groups is 1. The van der Waals surface area contributed by atoms with Crippen LogP contribution in [0.3, 0.4) is 0 Å². The van der Waals surface area contributed by atoms with Gasteiger partial charge in [0.25, 0.3) is 5.91 Å². The van der Waals surface area contributed by atoms with Crippen molar-refractivity contribution in [3.63, 3.8) is 0 Å². The minimum atomic E-state index is -0.246. The fraction of sp³-hybridized carbons (Fsp3) is 0.320. The van der Waals surface area contributed by atoms with Crippen molar-refractivity contribution < 1.29 is 9.53 Å². The number of aromatic nitrogens is 2.